The van der Waals surface area contributed by atoms with E-state index in [2.05, 4.69) is 5.32 Å². The Morgan fingerprint density at radius 2 is 2.12 bits per heavy atom. The number of nitrogens with one attached hydrogen (secondary N) is 1. The van der Waals surface area contributed by atoms with Crippen molar-refractivity contribution in [2.45, 2.75) is 31.4 Å². The Labute approximate surface area is 94.2 Å². The molecule has 6 heteroatoms. The Morgan fingerprint density at radius 1 is 1.44 bits per heavy atom. The van der Waals surface area contributed by atoms with E-state index in [1.54, 1.807) is 0 Å². The van der Waals surface area contributed by atoms with Gasteiger partial charge in [0.2, 0.25) is 5.91 Å². The second kappa shape index (κ2) is 5.27. The summed E-state index contributed by atoms with van der Waals surface area (Å²) in [6.07, 6.45) is 0.829. The maximum Gasteiger partial charge on any atom is 0.334 e. The van der Waals surface area contributed by atoms with Gasteiger partial charge in [0, 0.05) is 14.0 Å². The van der Waals surface area contributed by atoms with Crippen molar-refractivity contribution in [3.8, 4) is 0 Å². The molecule has 1 fully saturated rings. The van der Waals surface area contributed by atoms with Crippen molar-refractivity contribution in [1.29, 1.82) is 0 Å². The van der Waals surface area contributed by atoms with Crippen LogP contribution in [0.3, 0.4) is 0 Å². The Morgan fingerprint density at radius 3 is 2.50 bits per heavy atom. The number of rotatable bonds is 5. The third kappa shape index (κ3) is 2.33. The SMILES string of the molecule is COCO[C@@H]1CC[C@]1(NC(C)=O)C(=O)OC. The summed E-state index contributed by atoms with van der Waals surface area (Å²) < 4.78 is 14.8. The molecule has 1 N–H and O–H groups in total. The summed E-state index contributed by atoms with van der Waals surface area (Å²) in [7, 11) is 2.79. The first-order valence-electron chi connectivity index (χ1n) is 5.04. The Kier molecular flexibility index (Phi) is 4.26. The number of hydrogen-bond acceptors (Lipinski definition) is 5. The highest BCUT2D eigenvalue weighted by Crippen LogP contribution is 2.36. The fourth-order valence-corrected chi connectivity index (χ4v) is 1.85. The van der Waals surface area contributed by atoms with E-state index >= 15 is 0 Å². The van der Waals surface area contributed by atoms with Crippen molar-refractivity contribution in [3.63, 3.8) is 0 Å². The Balaban J connectivity index is 2.71. The van der Waals surface area contributed by atoms with Crippen molar-refractivity contribution >= 4 is 11.9 Å². The van der Waals surface area contributed by atoms with Crippen LogP contribution in [0, 0.1) is 0 Å². The normalized spacial score (nSPS) is 28.1. The van der Waals surface area contributed by atoms with E-state index < -0.39 is 11.5 Å². The maximum absolute atomic E-state index is 11.7. The third-order valence-electron chi connectivity index (χ3n) is 2.69. The van der Waals surface area contributed by atoms with Gasteiger partial charge < -0.3 is 19.5 Å². The van der Waals surface area contributed by atoms with Gasteiger partial charge in [-0.05, 0) is 12.8 Å². The van der Waals surface area contributed by atoms with Gasteiger partial charge >= 0.3 is 5.97 Å². The van der Waals surface area contributed by atoms with Crippen LogP contribution >= 0.6 is 0 Å². The maximum atomic E-state index is 11.7. The van der Waals surface area contributed by atoms with Gasteiger partial charge in [-0.2, -0.15) is 0 Å². The van der Waals surface area contributed by atoms with Crippen LogP contribution in [0.25, 0.3) is 0 Å². The molecule has 1 amide bonds. The van der Waals surface area contributed by atoms with Gasteiger partial charge in [0.05, 0.1) is 13.2 Å². The van der Waals surface area contributed by atoms with E-state index in [4.69, 9.17) is 14.2 Å². The highest BCUT2D eigenvalue weighted by Gasteiger charge is 2.55. The molecule has 16 heavy (non-hydrogen) atoms. The van der Waals surface area contributed by atoms with Crippen LogP contribution in [0.1, 0.15) is 19.8 Å². The minimum absolute atomic E-state index is 0.0863. The second-order valence-electron chi connectivity index (χ2n) is 3.74. The van der Waals surface area contributed by atoms with Crippen molar-refractivity contribution in [1.82, 2.24) is 5.32 Å². The van der Waals surface area contributed by atoms with Gasteiger partial charge in [-0.1, -0.05) is 0 Å². The molecule has 1 saturated carbocycles. The van der Waals surface area contributed by atoms with Gasteiger partial charge in [-0.25, -0.2) is 4.79 Å². The molecular weight excluding hydrogens is 214 g/mol. The topological polar surface area (TPSA) is 73.9 Å². The summed E-state index contributed by atoms with van der Waals surface area (Å²) in [5.74, 6) is -0.758. The monoisotopic (exact) mass is 231 g/mol. The lowest BCUT2D eigenvalue weighted by atomic mass is 9.73. The number of hydrogen-bond donors (Lipinski definition) is 1. The highest BCUT2D eigenvalue weighted by molar-refractivity contribution is 5.89. The van der Waals surface area contributed by atoms with E-state index in [1.807, 2.05) is 0 Å². The number of carbonyl (C=O) groups excluding carboxylic acids is 2. The van der Waals surface area contributed by atoms with E-state index in [0.29, 0.717) is 12.8 Å². The van der Waals surface area contributed by atoms with Crippen molar-refractivity contribution in [2.24, 2.45) is 0 Å². The summed E-state index contributed by atoms with van der Waals surface area (Å²) in [5, 5.41) is 2.61. The predicted molar refractivity (Wildman–Crippen MR) is 54.5 cm³/mol. The smallest absolute Gasteiger partial charge is 0.334 e. The minimum atomic E-state index is -1.04. The molecule has 0 heterocycles. The molecule has 0 aromatic heterocycles. The van der Waals surface area contributed by atoms with Gasteiger partial charge in [0.25, 0.3) is 0 Å². The highest BCUT2D eigenvalue weighted by atomic mass is 16.7. The summed E-state index contributed by atoms with van der Waals surface area (Å²) in [5.41, 5.74) is -1.04. The molecular formula is C10H17NO5. The first kappa shape index (κ1) is 12.9. The summed E-state index contributed by atoms with van der Waals surface area (Å²) in [6.45, 7) is 1.44. The number of carbonyl (C=O) groups is 2. The number of methoxy groups -OCH3 is 2. The van der Waals surface area contributed by atoms with E-state index in [9.17, 15) is 9.59 Å². The van der Waals surface area contributed by atoms with Crippen LogP contribution in [0.2, 0.25) is 0 Å². The fraction of sp³-hybridized carbons (Fsp3) is 0.800. The van der Waals surface area contributed by atoms with Gasteiger partial charge in [0.15, 0.2) is 5.54 Å². The lowest BCUT2D eigenvalue weighted by molar-refractivity contribution is -0.182. The zero-order chi connectivity index (χ0) is 12.2. The number of esters is 1. The lowest BCUT2D eigenvalue weighted by Gasteiger charge is -2.46. The Hall–Kier alpha value is -1.14. The zero-order valence-corrected chi connectivity index (χ0v) is 9.74. The van der Waals surface area contributed by atoms with E-state index in [0.717, 1.165) is 0 Å². The molecule has 0 spiro atoms. The largest absolute Gasteiger partial charge is 0.467 e. The molecule has 0 saturated heterocycles. The summed E-state index contributed by atoms with van der Waals surface area (Å²) in [4.78, 5) is 22.8. The lowest BCUT2D eigenvalue weighted by Crippen LogP contribution is -2.68. The first-order valence-corrected chi connectivity index (χ1v) is 5.04. The average molecular weight is 231 g/mol. The van der Waals surface area contributed by atoms with Crippen molar-refractivity contribution in [2.75, 3.05) is 21.0 Å². The molecule has 0 aromatic rings. The van der Waals surface area contributed by atoms with Crippen LogP contribution in [0.4, 0.5) is 0 Å². The van der Waals surface area contributed by atoms with Gasteiger partial charge in [-0.15, -0.1) is 0 Å². The molecule has 1 aliphatic carbocycles. The third-order valence-corrected chi connectivity index (χ3v) is 2.69. The molecule has 0 unspecified atom stereocenters. The average Bonchev–Trinajstić information content (AvgIpc) is 2.23. The minimum Gasteiger partial charge on any atom is -0.467 e. The van der Waals surface area contributed by atoms with Gasteiger partial charge in [-0.3, -0.25) is 4.79 Å². The molecule has 0 aromatic carbocycles. The molecule has 2 atom stereocenters. The van der Waals surface area contributed by atoms with Crippen LogP contribution in [0.5, 0.6) is 0 Å². The van der Waals surface area contributed by atoms with Crippen molar-refractivity contribution in [3.05, 3.63) is 0 Å². The molecule has 0 radical (unpaired) electrons. The van der Waals surface area contributed by atoms with Crippen LogP contribution in [-0.4, -0.2) is 44.5 Å². The predicted octanol–water partition coefficient (Wildman–Crippen LogP) is -0.183. The quantitative estimate of drug-likeness (QED) is 0.524. The summed E-state index contributed by atoms with van der Waals surface area (Å²) >= 11 is 0. The van der Waals surface area contributed by atoms with Crippen LogP contribution < -0.4 is 5.32 Å². The standard InChI is InChI=1S/C10H17NO5/c1-7(12)11-10(9(13)15-3)5-4-8(10)16-6-14-2/h8H,4-6H2,1-3H3,(H,11,12)/t8-,10-/m1/s1. The zero-order valence-electron chi connectivity index (χ0n) is 9.74. The molecule has 0 aliphatic heterocycles. The number of amides is 1. The van der Waals surface area contributed by atoms with Crippen LogP contribution in [0.15, 0.2) is 0 Å². The molecule has 1 aliphatic rings. The molecule has 92 valence electrons. The van der Waals surface area contributed by atoms with Gasteiger partial charge in [0.1, 0.15) is 6.79 Å². The summed E-state index contributed by atoms with van der Waals surface area (Å²) in [6, 6.07) is 0. The fourth-order valence-electron chi connectivity index (χ4n) is 1.85. The first-order chi connectivity index (χ1) is 7.56. The van der Waals surface area contributed by atoms with E-state index in [1.165, 1.54) is 21.1 Å². The van der Waals surface area contributed by atoms with E-state index in [-0.39, 0.29) is 18.8 Å². The molecule has 1 rings (SSSR count). The molecule has 0 bridgehead atoms. The van der Waals surface area contributed by atoms with Crippen LogP contribution in [-0.2, 0) is 23.8 Å². The number of ether oxygens (including phenoxy) is 3. The van der Waals surface area contributed by atoms with Crippen molar-refractivity contribution < 1.29 is 23.8 Å². The Bertz CT molecular complexity index is 280. The second-order valence-corrected chi connectivity index (χ2v) is 3.74. The molecule has 6 nitrogen and oxygen atoms in total.